The minimum absolute atomic E-state index is 0.0624. The van der Waals surface area contributed by atoms with Crippen LogP contribution in [-0.2, 0) is 6.18 Å². The van der Waals surface area contributed by atoms with Gasteiger partial charge >= 0.3 is 6.18 Å². The molecular formula is C20H13F3N4O. The second-order valence-electron chi connectivity index (χ2n) is 6.17. The normalized spacial score (nSPS) is 11.7. The maximum Gasteiger partial charge on any atom is 0.433 e. The van der Waals surface area contributed by atoms with E-state index in [9.17, 15) is 18.0 Å². The van der Waals surface area contributed by atoms with Crippen LogP contribution in [0.1, 0.15) is 23.1 Å². The maximum absolute atomic E-state index is 13.0. The van der Waals surface area contributed by atoms with E-state index in [4.69, 9.17) is 0 Å². The van der Waals surface area contributed by atoms with Crippen LogP contribution in [0.25, 0.3) is 28.0 Å². The summed E-state index contributed by atoms with van der Waals surface area (Å²) in [4.78, 5) is 19.6. The topological polar surface area (TPSA) is 60.7 Å². The van der Waals surface area contributed by atoms with Gasteiger partial charge in [0.25, 0.3) is 0 Å². The maximum atomic E-state index is 13.0. The Balaban J connectivity index is 1.84. The predicted octanol–water partition coefficient (Wildman–Crippen LogP) is 4.70. The Labute approximate surface area is 157 Å². The molecule has 1 aromatic carbocycles. The lowest BCUT2D eigenvalue weighted by Crippen LogP contribution is -2.10. The number of aromatic nitrogens is 4. The molecule has 0 radical (unpaired) electrons. The number of rotatable bonds is 3. The SMILES string of the molecule is CC(=O)c1cccc(-c2ccc3cnn(-c4cccc(C(F)(F)F)n4)c3c2)n1. The Morgan fingerprint density at radius 3 is 2.54 bits per heavy atom. The molecule has 0 fully saturated rings. The zero-order chi connectivity index (χ0) is 19.9. The number of hydrogen-bond acceptors (Lipinski definition) is 4. The third-order valence-electron chi connectivity index (χ3n) is 4.22. The van der Waals surface area contributed by atoms with E-state index < -0.39 is 11.9 Å². The summed E-state index contributed by atoms with van der Waals surface area (Å²) >= 11 is 0. The molecule has 0 aliphatic rings. The van der Waals surface area contributed by atoms with E-state index in [1.165, 1.54) is 23.7 Å². The van der Waals surface area contributed by atoms with Crippen LogP contribution in [0.4, 0.5) is 13.2 Å². The molecule has 0 spiro atoms. The fraction of sp³-hybridized carbons (Fsp3) is 0.100. The monoisotopic (exact) mass is 382 g/mol. The number of Topliss-reactive ketones (excluding diaryl/α,β-unsaturated/α-hetero) is 1. The van der Waals surface area contributed by atoms with Crippen molar-refractivity contribution in [3.05, 3.63) is 72.2 Å². The van der Waals surface area contributed by atoms with Gasteiger partial charge in [-0.15, -0.1) is 0 Å². The minimum atomic E-state index is -4.54. The molecule has 0 aliphatic carbocycles. The molecule has 5 nitrogen and oxygen atoms in total. The molecule has 140 valence electrons. The van der Waals surface area contributed by atoms with Gasteiger partial charge in [-0.1, -0.05) is 24.3 Å². The van der Waals surface area contributed by atoms with E-state index in [-0.39, 0.29) is 11.6 Å². The van der Waals surface area contributed by atoms with Crippen LogP contribution in [0.2, 0.25) is 0 Å². The molecule has 0 unspecified atom stereocenters. The van der Waals surface area contributed by atoms with Gasteiger partial charge in [0, 0.05) is 17.9 Å². The van der Waals surface area contributed by atoms with Crippen LogP contribution in [0, 0.1) is 0 Å². The Morgan fingerprint density at radius 1 is 1.00 bits per heavy atom. The Hall–Kier alpha value is -3.55. The second-order valence-corrected chi connectivity index (χ2v) is 6.17. The minimum Gasteiger partial charge on any atom is -0.293 e. The van der Waals surface area contributed by atoms with Gasteiger partial charge < -0.3 is 0 Å². The second kappa shape index (κ2) is 6.56. The lowest BCUT2D eigenvalue weighted by Gasteiger charge is -2.09. The number of benzene rings is 1. The van der Waals surface area contributed by atoms with Gasteiger partial charge in [0.1, 0.15) is 11.4 Å². The summed E-state index contributed by atoms with van der Waals surface area (Å²) in [5, 5.41) is 4.92. The van der Waals surface area contributed by atoms with Crippen molar-refractivity contribution in [2.24, 2.45) is 0 Å². The van der Waals surface area contributed by atoms with Crippen molar-refractivity contribution in [1.29, 1.82) is 0 Å². The standard InChI is InChI=1S/C20H13F3N4O/c1-12(28)15-4-2-5-16(25-15)13-8-9-14-11-24-27(17(14)10-13)19-7-3-6-18(26-19)20(21,22)23/h2-11H,1H3. The molecule has 3 heterocycles. The first-order valence-electron chi connectivity index (χ1n) is 8.34. The fourth-order valence-corrected chi connectivity index (χ4v) is 2.85. The number of carbonyl (C=O) groups excluding carboxylic acids is 1. The molecule has 0 aliphatic heterocycles. The molecule has 4 aromatic rings. The van der Waals surface area contributed by atoms with Crippen LogP contribution in [-0.4, -0.2) is 25.5 Å². The van der Waals surface area contributed by atoms with Gasteiger partial charge in [0.05, 0.1) is 17.4 Å². The quantitative estimate of drug-likeness (QED) is 0.482. The molecule has 4 rings (SSSR count). The average molecular weight is 382 g/mol. The number of alkyl halides is 3. The third-order valence-corrected chi connectivity index (χ3v) is 4.22. The predicted molar refractivity (Wildman–Crippen MR) is 97.1 cm³/mol. The average Bonchev–Trinajstić information content (AvgIpc) is 3.10. The van der Waals surface area contributed by atoms with E-state index >= 15 is 0 Å². The number of pyridine rings is 2. The molecule has 8 heteroatoms. The van der Waals surface area contributed by atoms with Gasteiger partial charge in [-0.2, -0.15) is 18.3 Å². The fourth-order valence-electron chi connectivity index (χ4n) is 2.85. The highest BCUT2D eigenvalue weighted by molar-refractivity contribution is 5.93. The van der Waals surface area contributed by atoms with Gasteiger partial charge in [-0.3, -0.25) is 4.79 Å². The molecule has 0 saturated carbocycles. The summed E-state index contributed by atoms with van der Waals surface area (Å²) in [6, 6.07) is 14.2. The van der Waals surface area contributed by atoms with Crippen molar-refractivity contribution >= 4 is 16.7 Å². The molecule has 0 N–H and O–H groups in total. The molecular weight excluding hydrogens is 369 g/mol. The highest BCUT2D eigenvalue weighted by Crippen LogP contribution is 2.29. The Bertz CT molecular complexity index is 1200. The summed E-state index contributed by atoms with van der Waals surface area (Å²) < 4.78 is 40.3. The van der Waals surface area contributed by atoms with Gasteiger partial charge in [-0.25, -0.2) is 14.6 Å². The van der Waals surface area contributed by atoms with Crippen molar-refractivity contribution in [2.45, 2.75) is 13.1 Å². The van der Waals surface area contributed by atoms with E-state index in [0.29, 0.717) is 22.5 Å². The van der Waals surface area contributed by atoms with Gasteiger partial charge in [0.2, 0.25) is 0 Å². The summed E-state index contributed by atoms with van der Waals surface area (Å²) in [5.74, 6) is -0.0893. The molecule has 28 heavy (non-hydrogen) atoms. The van der Waals surface area contributed by atoms with Crippen molar-refractivity contribution in [2.75, 3.05) is 0 Å². The smallest absolute Gasteiger partial charge is 0.293 e. The summed E-state index contributed by atoms with van der Waals surface area (Å²) in [6.07, 6.45) is -2.98. The van der Waals surface area contributed by atoms with E-state index in [1.807, 2.05) is 6.07 Å². The lowest BCUT2D eigenvalue weighted by atomic mass is 10.1. The van der Waals surface area contributed by atoms with Crippen LogP contribution in [0.15, 0.2) is 60.8 Å². The lowest BCUT2D eigenvalue weighted by molar-refractivity contribution is -0.141. The van der Waals surface area contributed by atoms with Crippen molar-refractivity contribution in [3.63, 3.8) is 0 Å². The molecule has 0 atom stereocenters. The van der Waals surface area contributed by atoms with E-state index in [1.54, 1.807) is 36.5 Å². The Morgan fingerprint density at radius 2 is 1.79 bits per heavy atom. The number of nitrogens with zero attached hydrogens (tertiary/aromatic N) is 4. The number of ketones is 1. The number of carbonyl (C=O) groups is 1. The van der Waals surface area contributed by atoms with Crippen LogP contribution >= 0.6 is 0 Å². The Kier molecular flexibility index (Phi) is 4.18. The summed E-state index contributed by atoms with van der Waals surface area (Å²) in [6.45, 7) is 1.43. The summed E-state index contributed by atoms with van der Waals surface area (Å²) in [5.41, 5.74) is 1.23. The number of fused-ring (bicyclic) bond motifs is 1. The number of hydrogen-bond donors (Lipinski definition) is 0. The van der Waals surface area contributed by atoms with Crippen molar-refractivity contribution in [1.82, 2.24) is 19.7 Å². The van der Waals surface area contributed by atoms with Gasteiger partial charge in [0.15, 0.2) is 11.6 Å². The van der Waals surface area contributed by atoms with Crippen LogP contribution < -0.4 is 0 Å². The van der Waals surface area contributed by atoms with E-state index in [0.717, 1.165) is 11.5 Å². The van der Waals surface area contributed by atoms with E-state index in [2.05, 4.69) is 15.1 Å². The molecule has 0 bridgehead atoms. The zero-order valence-corrected chi connectivity index (χ0v) is 14.6. The molecule has 3 aromatic heterocycles. The van der Waals surface area contributed by atoms with Crippen LogP contribution in [0.5, 0.6) is 0 Å². The van der Waals surface area contributed by atoms with Crippen molar-refractivity contribution in [3.8, 4) is 17.1 Å². The highest BCUT2D eigenvalue weighted by atomic mass is 19.4. The first-order chi connectivity index (χ1) is 13.3. The largest absolute Gasteiger partial charge is 0.433 e. The van der Waals surface area contributed by atoms with Crippen molar-refractivity contribution < 1.29 is 18.0 Å². The molecule has 0 saturated heterocycles. The number of halogens is 3. The van der Waals surface area contributed by atoms with Gasteiger partial charge in [-0.05, 0) is 30.3 Å². The molecule has 0 amide bonds. The summed E-state index contributed by atoms with van der Waals surface area (Å²) in [7, 11) is 0. The van der Waals surface area contributed by atoms with Crippen LogP contribution in [0.3, 0.4) is 0 Å². The third kappa shape index (κ3) is 3.24. The highest BCUT2D eigenvalue weighted by Gasteiger charge is 2.32. The zero-order valence-electron chi connectivity index (χ0n) is 14.6. The first kappa shape index (κ1) is 17.8. The first-order valence-corrected chi connectivity index (χ1v) is 8.34.